The lowest BCUT2D eigenvalue weighted by atomic mass is 10.3. The Balaban J connectivity index is 2.15. The number of piperazine rings is 1. The van der Waals surface area contributed by atoms with Crippen molar-refractivity contribution in [3.05, 3.63) is 18.1 Å². The van der Waals surface area contributed by atoms with Crippen LogP contribution in [0, 0.1) is 0 Å². The molecule has 3 N–H and O–H groups in total. The Labute approximate surface area is 91.7 Å². The molecule has 1 saturated heterocycles. The van der Waals surface area contributed by atoms with Gasteiger partial charge in [-0.25, -0.2) is 4.98 Å². The minimum Gasteiger partial charge on any atom is -0.382 e. The van der Waals surface area contributed by atoms with Gasteiger partial charge in [0, 0.05) is 13.1 Å². The van der Waals surface area contributed by atoms with Crippen molar-refractivity contribution in [3.63, 3.8) is 0 Å². The van der Waals surface area contributed by atoms with Crippen molar-refractivity contribution in [2.45, 2.75) is 0 Å². The van der Waals surface area contributed by atoms with Crippen molar-refractivity contribution in [2.24, 2.45) is 0 Å². The Hall–Kier alpha value is -2.18. The van der Waals surface area contributed by atoms with Crippen LogP contribution in [0.3, 0.4) is 0 Å². The van der Waals surface area contributed by atoms with Crippen molar-refractivity contribution in [1.82, 2.24) is 20.2 Å². The topological polar surface area (TPSA) is 101 Å². The van der Waals surface area contributed by atoms with Crippen molar-refractivity contribution in [1.29, 1.82) is 0 Å². The summed E-state index contributed by atoms with van der Waals surface area (Å²) in [5.74, 6) is -0.307. The van der Waals surface area contributed by atoms with Gasteiger partial charge in [0.15, 0.2) is 0 Å². The van der Waals surface area contributed by atoms with Gasteiger partial charge in [0.1, 0.15) is 11.5 Å². The lowest BCUT2D eigenvalue weighted by molar-refractivity contribution is -0.123. The third kappa shape index (κ3) is 2.08. The summed E-state index contributed by atoms with van der Waals surface area (Å²) in [5, 5.41) is 2.64. The highest BCUT2D eigenvalue weighted by atomic mass is 16.2. The van der Waals surface area contributed by atoms with Crippen LogP contribution < -0.4 is 11.1 Å². The number of amides is 2. The maximum absolute atomic E-state index is 11.9. The molecule has 0 bridgehead atoms. The first-order chi connectivity index (χ1) is 7.66. The summed E-state index contributed by atoms with van der Waals surface area (Å²) in [5.41, 5.74) is 5.59. The van der Waals surface area contributed by atoms with E-state index in [-0.39, 0.29) is 29.9 Å². The number of nitrogens with two attached hydrogens (primary N) is 1. The van der Waals surface area contributed by atoms with E-state index >= 15 is 0 Å². The Kier molecular flexibility index (Phi) is 2.67. The molecule has 0 aromatic carbocycles. The van der Waals surface area contributed by atoms with Gasteiger partial charge in [0.2, 0.25) is 5.91 Å². The predicted octanol–water partition coefficient (Wildman–Crippen LogP) is -1.37. The van der Waals surface area contributed by atoms with E-state index in [9.17, 15) is 9.59 Å². The number of hydrogen-bond acceptors (Lipinski definition) is 5. The third-order valence-corrected chi connectivity index (χ3v) is 2.20. The number of rotatable bonds is 1. The van der Waals surface area contributed by atoms with Crippen LogP contribution in [-0.4, -0.2) is 46.3 Å². The van der Waals surface area contributed by atoms with Crippen LogP contribution in [-0.2, 0) is 4.79 Å². The molecule has 7 heteroatoms. The van der Waals surface area contributed by atoms with Crippen LogP contribution in [0.4, 0.5) is 5.82 Å². The molecule has 1 aromatic heterocycles. The average molecular weight is 221 g/mol. The van der Waals surface area contributed by atoms with Crippen molar-refractivity contribution in [3.8, 4) is 0 Å². The number of carbonyl (C=O) groups is 2. The summed E-state index contributed by atoms with van der Waals surface area (Å²) in [7, 11) is 0. The van der Waals surface area contributed by atoms with Crippen LogP contribution in [0.25, 0.3) is 0 Å². The Morgan fingerprint density at radius 1 is 1.50 bits per heavy atom. The van der Waals surface area contributed by atoms with E-state index in [1.165, 1.54) is 17.3 Å². The van der Waals surface area contributed by atoms with Crippen LogP contribution in [0.5, 0.6) is 0 Å². The molecule has 2 heterocycles. The van der Waals surface area contributed by atoms with Gasteiger partial charge in [-0.2, -0.15) is 0 Å². The number of nitrogens with zero attached hydrogens (tertiary/aromatic N) is 3. The van der Waals surface area contributed by atoms with E-state index in [0.717, 1.165) is 0 Å². The molecular formula is C9H11N5O2. The van der Waals surface area contributed by atoms with Gasteiger partial charge in [-0.05, 0) is 0 Å². The first-order valence-electron chi connectivity index (χ1n) is 4.80. The second-order valence-electron chi connectivity index (χ2n) is 3.41. The Bertz CT molecular complexity index is 434. The van der Waals surface area contributed by atoms with Crippen molar-refractivity contribution >= 4 is 17.6 Å². The zero-order valence-corrected chi connectivity index (χ0v) is 8.51. The zero-order valence-electron chi connectivity index (χ0n) is 8.51. The van der Waals surface area contributed by atoms with E-state index < -0.39 is 0 Å². The second-order valence-corrected chi connectivity index (χ2v) is 3.41. The minimum absolute atomic E-state index is 0.0509. The van der Waals surface area contributed by atoms with Gasteiger partial charge < -0.3 is 16.0 Å². The van der Waals surface area contributed by atoms with Gasteiger partial charge in [-0.3, -0.25) is 14.6 Å². The summed E-state index contributed by atoms with van der Waals surface area (Å²) in [6.07, 6.45) is 2.70. The fourth-order valence-electron chi connectivity index (χ4n) is 1.46. The monoisotopic (exact) mass is 221 g/mol. The van der Waals surface area contributed by atoms with Crippen LogP contribution in [0.15, 0.2) is 12.4 Å². The molecule has 2 rings (SSSR count). The molecule has 1 aromatic rings. The SMILES string of the molecule is Nc1cncc(C(=O)N2CCNC(=O)C2)n1. The highest BCUT2D eigenvalue weighted by molar-refractivity contribution is 5.95. The zero-order chi connectivity index (χ0) is 11.5. The maximum Gasteiger partial charge on any atom is 0.274 e. The molecule has 0 saturated carbocycles. The van der Waals surface area contributed by atoms with E-state index in [0.29, 0.717) is 13.1 Å². The standard InChI is InChI=1S/C9H11N5O2/c10-7-4-11-3-6(13-7)9(16)14-2-1-12-8(15)5-14/h3-4H,1-2,5H2,(H2,10,13)(H,12,15). The predicted molar refractivity (Wildman–Crippen MR) is 55.4 cm³/mol. The Morgan fingerprint density at radius 3 is 3.00 bits per heavy atom. The molecular weight excluding hydrogens is 210 g/mol. The first-order valence-corrected chi connectivity index (χ1v) is 4.80. The minimum atomic E-state index is -0.324. The van der Waals surface area contributed by atoms with Gasteiger partial charge in [0.05, 0.1) is 18.9 Å². The largest absolute Gasteiger partial charge is 0.382 e. The van der Waals surface area contributed by atoms with Crippen molar-refractivity contribution < 1.29 is 9.59 Å². The molecule has 7 nitrogen and oxygen atoms in total. The molecule has 0 radical (unpaired) electrons. The van der Waals surface area contributed by atoms with Crippen molar-refractivity contribution in [2.75, 3.05) is 25.4 Å². The highest BCUT2D eigenvalue weighted by Gasteiger charge is 2.23. The maximum atomic E-state index is 11.9. The van der Waals surface area contributed by atoms with Gasteiger partial charge in [-0.1, -0.05) is 0 Å². The number of nitrogen functional groups attached to an aromatic ring is 1. The van der Waals surface area contributed by atoms with E-state index in [1.807, 2.05) is 0 Å². The number of hydrogen-bond donors (Lipinski definition) is 2. The average Bonchev–Trinajstić information content (AvgIpc) is 2.28. The van der Waals surface area contributed by atoms with Gasteiger partial charge in [0.25, 0.3) is 5.91 Å². The third-order valence-electron chi connectivity index (χ3n) is 2.20. The molecule has 0 unspecified atom stereocenters. The molecule has 84 valence electrons. The van der Waals surface area contributed by atoms with E-state index in [1.54, 1.807) is 0 Å². The van der Waals surface area contributed by atoms with Crippen LogP contribution in [0.1, 0.15) is 10.5 Å². The lowest BCUT2D eigenvalue weighted by Gasteiger charge is -2.26. The summed E-state index contributed by atoms with van der Waals surface area (Å²) < 4.78 is 0. The summed E-state index contributed by atoms with van der Waals surface area (Å²) in [6.45, 7) is 0.983. The molecule has 16 heavy (non-hydrogen) atoms. The molecule has 0 aliphatic carbocycles. The van der Waals surface area contributed by atoms with E-state index in [2.05, 4.69) is 15.3 Å². The fourth-order valence-corrected chi connectivity index (χ4v) is 1.46. The molecule has 0 atom stereocenters. The fraction of sp³-hybridized carbons (Fsp3) is 0.333. The number of anilines is 1. The smallest absolute Gasteiger partial charge is 0.274 e. The normalized spacial score (nSPS) is 15.8. The van der Waals surface area contributed by atoms with Crippen LogP contribution >= 0.6 is 0 Å². The number of nitrogens with one attached hydrogen (secondary N) is 1. The molecule has 2 amide bonds. The number of carbonyl (C=O) groups excluding carboxylic acids is 2. The van der Waals surface area contributed by atoms with E-state index in [4.69, 9.17) is 5.73 Å². The first kappa shape index (κ1) is 10.3. The molecule has 1 aliphatic heterocycles. The van der Waals surface area contributed by atoms with Gasteiger partial charge >= 0.3 is 0 Å². The second kappa shape index (κ2) is 4.13. The lowest BCUT2D eigenvalue weighted by Crippen LogP contribution is -2.50. The summed E-state index contributed by atoms with van der Waals surface area (Å²) in [6, 6.07) is 0. The molecule has 1 fully saturated rings. The van der Waals surface area contributed by atoms with Gasteiger partial charge in [-0.15, -0.1) is 0 Å². The quantitative estimate of drug-likeness (QED) is 0.609. The highest BCUT2D eigenvalue weighted by Crippen LogP contribution is 2.04. The van der Waals surface area contributed by atoms with Crippen LogP contribution in [0.2, 0.25) is 0 Å². The summed E-state index contributed by atoms with van der Waals surface area (Å²) in [4.78, 5) is 32.1. The summed E-state index contributed by atoms with van der Waals surface area (Å²) >= 11 is 0. The molecule has 0 spiro atoms. The number of aromatic nitrogens is 2. The Morgan fingerprint density at radius 2 is 2.31 bits per heavy atom. The molecule has 1 aliphatic rings.